The van der Waals surface area contributed by atoms with Gasteiger partial charge in [0.1, 0.15) is 0 Å². The van der Waals surface area contributed by atoms with Crippen LogP contribution in [0.4, 0.5) is 0 Å². The number of benzene rings is 2. The summed E-state index contributed by atoms with van der Waals surface area (Å²) in [4.78, 5) is 15.5. The number of hydrogen-bond acceptors (Lipinski definition) is 3. The smallest absolute Gasteiger partial charge is 0.307 e. The summed E-state index contributed by atoms with van der Waals surface area (Å²) in [5.74, 6) is -0.836. The van der Waals surface area contributed by atoms with E-state index in [1.807, 2.05) is 37.3 Å². The normalized spacial score (nSPS) is 11.0. The van der Waals surface area contributed by atoms with E-state index >= 15 is 0 Å². The molecule has 3 nitrogen and oxygen atoms in total. The molecule has 0 aliphatic rings. The van der Waals surface area contributed by atoms with Crippen LogP contribution in [-0.2, 0) is 11.2 Å². The first-order valence-electron chi connectivity index (χ1n) is 6.39. The van der Waals surface area contributed by atoms with Crippen molar-refractivity contribution < 1.29 is 9.90 Å². The van der Waals surface area contributed by atoms with Gasteiger partial charge in [0.25, 0.3) is 0 Å². The quantitative estimate of drug-likeness (QED) is 0.771. The lowest BCUT2D eigenvalue weighted by molar-refractivity contribution is -0.136. The van der Waals surface area contributed by atoms with Gasteiger partial charge in [-0.05, 0) is 41.8 Å². The van der Waals surface area contributed by atoms with Gasteiger partial charge in [0, 0.05) is 10.6 Å². The average Bonchev–Trinajstić information content (AvgIpc) is 2.88. The topological polar surface area (TPSA) is 50.2 Å². The second kappa shape index (κ2) is 5.47. The Morgan fingerprint density at radius 3 is 2.71 bits per heavy atom. The molecule has 0 saturated heterocycles. The van der Waals surface area contributed by atoms with Crippen LogP contribution in [0.3, 0.4) is 0 Å². The van der Waals surface area contributed by atoms with E-state index in [4.69, 9.17) is 11.6 Å². The highest BCUT2D eigenvalue weighted by Gasteiger charge is 2.17. The number of halogens is 1. The van der Waals surface area contributed by atoms with Crippen LogP contribution in [0.2, 0.25) is 5.02 Å². The molecule has 1 heterocycles. The van der Waals surface area contributed by atoms with Gasteiger partial charge < -0.3 is 5.11 Å². The summed E-state index contributed by atoms with van der Waals surface area (Å²) in [6, 6.07) is 9.42. The van der Waals surface area contributed by atoms with Gasteiger partial charge in [0.15, 0.2) is 0 Å². The van der Waals surface area contributed by atoms with Gasteiger partial charge >= 0.3 is 5.97 Å². The van der Waals surface area contributed by atoms with Gasteiger partial charge in [0.05, 0.1) is 22.1 Å². The van der Waals surface area contributed by atoms with Crippen LogP contribution in [0.5, 0.6) is 0 Å². The molecule has 0 atom stereocenters. The molecule has 0 amide bonds. The number of aromatic nitrogens is 1. The molecular weight excluding hydrogens is 306 g/mol. The molecule has 3 aromatic rings. The minimum atomic E-state index is -0.836. The molecule has 5 heteroatoms. The third-order valence-corrected chi connectivity index (χ3v) is 4.53. The lowest BCUT2D eigenvalue weighted by Crippen LogP contribution is -2.04. The molecule has 0 aliphatic carbocycles. The fourth-order valence-corrected chi connectivity index (χ4v) is 3.46. The maximum absolute atomic E-state index is 11.2. The number of carbonyl (C=O) groups is 1. The standard InChI is InChI=1S/C16H12ClNO2S/c1-9-6-13-16(21-8-18-13)15(12(9)7-14(19)20)10-2-4-11(17)5-3-10/h2-6,8H,7H2,1H3,(H,19,20). The van der Waals surface area contributed by atoms with Crippen LogP contribution in [0.25, 0.3) is 21.3 Å². The van der Waals surface area contributed by atoms with E-state index in [1.54, 1.807) is 5.51 Å². The lowest BCUT2D eigenvalue weighted by Gasteiger charge is -2.13. The fraction of sp³-hybridized carbons (Fsp3) is 0.125. The number of thiazole rings is 1. The molecule has 0 bridgehead atoms. The molecule has 1 N–H and O–H groups in total. The largest absolute Gasteiger partial charge is 0.481 e. The van der Waals surface area contributed by atoms with E-state index < -0.39 is 5.97 Å². The first kappa shape index (κ1) is 14.0. The second-order valence-corrected chi connectivity index (χ2v) is 6.12. The molecule has 1 aromatic heterocycles. The zero-order valence-corrected chi connectivity index (χ0v) is 12.8. The third-order valence-electron chi connectivity index (χ3n) is 3.41. The Labute approximate surface area is 130 Å². The van der Waals surface area contributed by atoms with Crippen molar-refractivity contribution in [2.75, 3.05) is 0 Å². The van der Waals surface area contributed by atoms with Crippen LogP contribution < -0.4 is 0 Å². The molecule has 0 radical (unpaired) electrons. The van der Waals surface area contributed by atoms with E-state index in [1.165, 1.54) is 11.3 Å². The van der Waals surface area contributed by atoms with Crippen molar-refractivity contribution in [1.82, 2.24) is 4.98 Å². The van der Waals surface area contributed by atoms with Crippen molar-refractivity contribution in [2.45, 2.75) is 13.3 Å². The zero-order valence-electron chi connectivity index (χ0n) is 11.3. The Bertz CT molecular complexity index is 824. The van der Waals surface area contributed by atoms with Crippen LogP contribution in [0, 0.1) is 6.92 Å². The lowest BCUT2D eigenvalue weighted by atomic mass is 9.93. The van der Waals surface area contributed by atoms with Crippen LogP contribution in [-0.4, -0.2) is 16.1 Å². The van der Waals surface area contributed by atoms with E-state index in [-0.39, 0.29) is 6.42 Å². The second-order valence-electron chi connectivity index (χ2n) is 4.83. The van der Waals surface area contributed by atoms with Crippen molar-refractivity contribution in [1.29, 1.82) is 0 Å². The number of carboxylic acid groups (broad SMARTS) is 1. The first-order valence-corrected chi connectivity index (χ1v) is 7.65. The van der Waals surface area contributed by atoms with Gasteiger partial charge in [0.2, 0.25) is 0 Å². The summed E-state index contributed by atoms with van der Waals surface area (Å²) in [5, 5.41) is 9.86. The SMILES string of the molecule is Cc1cc2ncsc2c(-c2ccc(Cl)cc2)c1CC(=O)O. The molecule has 0 unspecified atom stereocenters. The van der Waals surface area contributed by atoms with E-state index in [0.29, 0.717) is 5.02 Å². The molecule has 0 spiro atoms. The summed E-state index contributed by atoms with van der Waals surface area (Å²) in [7, 11) is 0. The number of aliphatic carboxylic acids is 1. The summed E-state index contributed by atoms with van der Waals surface area (Å²) in [5.41, 5.74) is 6.38. The van der Waals surface area contributed by atoms with Crippen molar-refractivity contribution in [3.63, 3.8) is 0 Å². The summed E-state index contributed by atoms with van der Waals surface area (Å²) in [6.45, 7) is 1.93. The number of nitrogens with zero attached hydrogens (tertiary/aromatic N) is 1. The molecule has 0 saturated carbocycles. The number of carboxylic acids is 1. The van der Waals surface area contributed by atoms with Crippen molar-refractivity contribution in [2.24, 2.45) is 0 Å². The molecule has 2 aromatic carbocycles. The molecular formula is C16H12ClNO2S. The zero-order chi connectivity index (χ0) is 15.0. The van der Waals surface area contributed by atoms with E-state index in [0.717, 1.165) is 32.5 Å². The molecule has 0 fully saturated rings. The Morgan fingerprint density at radius 2 is 2.05 bits per heavy atom. The highest BCUT2D eigenvalue weighted by Crippen LogP contribution is 2.37. The maximum Gasteiger partial charge on any atom is 0.307 e. The van der Waals surface area contributed by atoms with E-state index in [2.05, 4.69) is 4.98 Å². The number of hydrogen-bond donors (Lipinski definition) is 1. The first-order chi connectivity index (χ1) is 10.1. The summed E-state index contributed by atoms with van der Waals surface area (Å²) in [6.07, 6.45) is -0.00235. The van der Waals surface area contributed by atoms with Gasteiger partial charge in [-0.25, -0.2) is 4.98 Å². The van der Waals surface area contributed by atoms with Crippen LogP contribution >= 0.6 is 22.9 Å². The van der Waals surface area contributed by atoms with Gasteiger partial charge in [-0.15, -0.1) is 11.3 Å². The minimum absolute atomic E-state index is 0.00235. The molecule has 3 rings (SSSR count). The molecule has 21 heavy (non-hydrogen) atoms. The van der Waals surface area contributed by atoms with Crippen molar-refractivity contribution >= 4 is 39.1 Å². The Kier molecular flexibility index (Phi) is 3.66. The third kappa shape index (κ3) is 2.64. The van der Waals surface area contributed by atoms with Crippen LogP contribution in [0.15, 0.2) is 35.8 Å². The maximum atomic E-state index is 11.2. The van der Waals surface area contributed by atoms with Crippen molar-refractivity contribution in [3.8, 4) is 11.1 Å². The fourth-order valence-electron chi connectivity index (χ4n) is 2.47. The van der Waals surface area contributed by atoms with Gasteiger partial charge in [-0.2, -0.15) is 0 Å². The van der Waals surface area contributed by atoms with Gasteiger partial charge in [-0.3, -0.25) is 4.79 Å². The summed E-state index contributed by atoms with van der Waals surface area (Å²) < 4.78 is 1.01. The van der Waals surface area contributed by atoms with Crippen molar-refractivity contribution in [3.05, 3.63) is 52.0 Å². The average molecular weight is 318 g/mol. The summed E-state index contributed by atoms with van der Waals surface area (Å²) >= 11 is 7.47. The molecule has 0 aliphatic heterocycles. The predicted molar refractivity (Wildman–Crippen MR) is 86.1 cm³/mol. The number of rotatable bonds is 3. The monoisotopic (exact) mass is 317 g/mol. The highest BCUT2D eigenvalue weighted by atomic mass is 35.5. The van der Waals surface area contributed by atoms with Crippen LogP contribution in [0.1, 0.15) is 11.1 Å². The van der Waals surface area contributed by atoms with Gasteiger partial charge in [-0.1, -0.05) is 23.7 Å². The Hall–Kier alpha value is -1.91. The number of fused-ring (bicyclic) bond motifs is 1. The van der Waals surface area contributed by atoms with E-state index in [9.17, 15) is 9.90 Å². The number of aryl methyl sites for hydroxylation is 1. The highest BCUT2D eigenvalue weighted by molar-refractivity contribution is 7.17. The Balaban J connectivity index is 2.33. The Morgan fingerprint density at radius 1 is 1.33 bits per heavy atom. The molecule has 106 valence electrons. The minimum Gasteiger partial charge on any atom is -0.481 e. The predicted octanol–water partition coefficient (Wildman–Crippen LogP) is 4.55.